The quantitative estimate of drug-likeness (QED) is 0.536. The van der Waals surface area contributed by atoms with E-state index < -0.39 is 5.97 Å². The first-order valence-corrected chi connectivity index (χ1v) is 4.22. The van der Waals surface area contributed by atoms with E-state index in [0.717, 1.165) is 0 Å². The topological polar surface area (TPSA) is 43.8 Å². The summed E-state index contributed by atoms with van der Waals surface area (Å²) < 4.78 is 0. The minimum Gasteiger partial charge on any atom is -0.480 e. The number of hydrogen-bond donors (Lipinski definition) is 1. The second-order valence-corrected chi connectivity index (χ2v) is 3.21. The Morgan fingerprint density at radius 1 is 1.57 bits per heavy atom. The molecule has 1 atom stereocenters. The monoisotopic (exact) mass is 222 g/mol. The Balaban J connectivity index is 0. The van der Waals surface area contributed by atoms with Gasteiger partial charge >= 0.3 is 5.97 Å². The molecule has 0 saturated heterocycles. The molecular formula is C9H19ClN2O2. The third kappa shape index (κ3) is 5.96. The van der Waals surface area contributed by atoms with Crippen LogP contribution >= 0.6 is 12.4 Å². The van der Waals surface area contributed by atoms with Crippen molar-refractivity contribution in [2.24, 2.45) is 0 Å². The fourth-order valence-electron chi connectivity index (χ4n) is 1.02. The standard InChI is InChI=1S/C9H18N2O2.ClH/c1-5-6-11(7-9(12)13)8(2)10(3)4;/h5,8H,1,6-7H2,2-4H3,(H,12,13);1H. The number of nitrogens with zero attached hydrogens (tertiary/aromatic N) is 2. The molecule has 0 radical (unpaired) electrons. The molecule has 0 aliphatic rings. The van der Waals surface area contributed by atoms with Gasteiger partial charge in [0.25, 0.3) is 0 Å². The number of carboxylic acid groups (broad SMARTS) is 1. The lowest BCUT2D eigenvalue weighted by Crippen LogP contribution is -2.45. The molecule has 1 N–H and O–H groups in total. The van der Waals surface area contributed by atoms with Crippen molar-refractivity contribution in [2.45, 2.75) is 13.1 Å². The van der Waals surface area contributed by atoms with Gasteiger partial charge in [-0.05, 0) is 21.0 Å². The zero-order valence-electron chi connectivity index (χ0n) is 8.93. The summed E-state index contributed by atoms with van der Waals surface area (Å²) in [5, 5.41) is 8.65. The normalized spacial score (nSPS) is 12.4. The molecule has 5 heteroatoms. The van der Waals surface area contributed by atoms with E-state index in [1.807, 2.05) is 30.8 Å². The molecule has 0 aliphatic heterocycles. The Bertz CT molecular complexity index is 186. The lowest BCUT2D eigenvalue weighted by molar-refractivity contribution is -0.139. The molecule has 0 rings (SSSR count). The smallest absolute Gasteiger partial charge is 0.317 e. The third-order valence-corrected chi connectivity index (χ3v) is 1.98. The van der Waals surface area contributed by atoms with E-state index in [2.05, 4.69) is 6.58 Å². The van der Waals surface area contributed by atoms with Crippen molar-refractivity contribution in [3.05, 3.63) is 12.7 Å². The van der Waals surface area contributed by atoms with Crippen molar-refractivity contribution in [1.82, 2.24) is 9.80 Å². The molecule has 0 aliphatic carbocycles. The first-order valence-electron chi connectivity index (χ1n) is 4.22. The van der Waals surface area contributed by atoms with Crippen LogP contribution in [-0.4, -0.2) is 54.2 Å². The van der Waals surface area contributed by atoms with Crippen LogP contribution < -0.4 is 0 Å². The van der Waals surface area contributed by atoms with Crippen LogP contribution in [0.2, 0.25) is 0 Å². The lowest BCUT2D eigenvalue weighted by Gasteiger charge is -2.31. The Morgan fingerprint density at radius 2 is 2.07 bits per heavy atom. The molecule has 14 heavy (non-hydrogen) atoms. The molecule has 4 nitrogen and oxygen atoms in total. The average Bonchev–Trinajstić information content (AvgIpc) is 2.01. The molecule has 0 saturated carbocycles. The SMILES string of the molecule is C=CCN(CC(=O)O)C(C)N(C)C.Cl. The largest absolute Gasteiger partial charge is 0.480 e. The van der Waals surface area contributed by atoms with Crippen LogP contribution in [0, 0.1) is 0 Å². The fraction of sp³-hybridized carbons (Fsp3) is 0.667. The third-order valence-electron chi connectivity index (χ3n) is 1.98. The molecule has 0 fully saturated rings. The van der Waals surface area contributed by atoms with E-state index in [4.69, 9.17) is 5.11 Å². The van der Waals surface area contributed by atoms with Crippen LogP contribution in [0.5, 0.6) is 0 Å². The van der Waals surface area contributed by atoms with E-state index in [-0.39, 0.29) is 25.1 Å². The zero-order chi connectivity index (χ0) is 10.4. The number of halogens is 1. The summed E-state index contributed by atoms with van der Waals surface area (Å²) in [4.78, 5) is 14.3. The van der Waals surface area contributed by atoms with Crippen LogP contribution in [-0.2, 0) is 4.79 Å². The molecule has 0 aromatic carbocycles. The van der Waals surface area contributed by atoms with Crippen molar-refractivity contribution in [2.75, 3.05) is 27.2 Å². The Labute approximate surface area is 91.6 Å². The predicted molar refractivity (Wildman–Crippen MR) is 59.8 cm³/mol. The number of aliphatic carboxylic acids is 1. The van der Waals surface area contributed by atoms with E-state index >= 15 is 0 Å². The van der Waals surface area contributed by atoms with Crippen LogP contribution in [0.15, 0.2) is 12.7 Å². The maximum absolute atomic E-state index is 10.5. The molecule has 1 unspecified atom stereocenters. The van der Waals surface area contributed by atoms with Crippen molar-refractivity contribution < 1.29 is 9.90 Å². The van der Waals surface area contributed by atoms with Gasteiger partial charge in [-0.1, -0.05) is 6.08 Å². The van der Waals surface area contributed by atoms with Crippen LogP contribution in [0.3, 0.4) is 0 Å². The molecule has 84 valence electrons. The highest BCUT2D eigenvalue weighted by Crippen LogP contribution is 2.01. The van der Waals surface area contributed by atoms with Crippen molar-refractivity contribution >= 4 is 18.4 Å². The summed E-state index contributed by atoms with van der Waals surface area (Å²) in [7, 11) is 3.84. The summed E-state index contributed by atoms with van der Waals surface area (Å²) >= 11 is 0. The lowest BCUT2D eigenvalue weighted by atomic mass is 10.3. The van der Waals surface area contributed by atoms with Gasteiger partial charge in [-0.15, -0.1) is 19.0 Å². The Hall–Kier alpha value is -0.580. The Kier molecular flexibility index (Phi) is 8.83. The van der Waals surface area contributed by atoms with Gasteiger partial charge in [0.1, 0.15) is 0 Å². The van der Waals surface area contributed by atoms with Crippen molar-refractivity contribution in [3.63, 3.8) is 0 Å². The van der Waals surface area contributed by atoms with Gasteiger partial charge in [0, 0.05) is 6.54 Å². The van der Waals surface area contributed by atoms with Gasteiger partial charge in [-0.25, -0.2) is 0 Å². The van der Waals surface area contributed by atoms with Gasteiger partial charge in [0.05, 0.1) is 12.7 Å². The minimum absolute atomic E-state index is 0. The summed E-state index contributed by atoms with van der Waals surface area (Å²) in [6.07, 6.45) is 1.82. The second kappa shape index (κ2) is 7.79. The van der Waals surface area contributed by atoms with E-state index in [1.165, 1.54) is 0 Å². The first-order chi connectivity index (χ1) is 5.99. The Morgan fingerprint density at radius 3 is 2.36 bits per heavy atom. The number of hydrogen-bond acceptors (Lipinski definition) is 3. The first kappa shape index (κ1) is 15.9. The molecule has 0 aromatic heterocycles. The van der Waals surface area contributed by atoms with E-state index in [1.54, 1.807) is 6.08 Å². The zero-order valence-corrected chi connectivity index (χ0v) is 9.75. The number of carbonyl (C=O) groups is 1. The highest BCUT2D eigenvalue weighted by Gasteiger charge is 2.16. The van der Waals surface area contributed by atoms with Gasteiger partial charge in [-0.3, -0.25) is 14.6 Å². The van der Waals surface area contributed by atoms with Crippen molar-refractivity contribution in [1.29, 1.82) is 0 Å². The maximum atomic E-state index is 10.5. The van der Waals surface area contributed by atoms with Gasteiger partial charge < -0.3 is 5.11 Å². The summed E-state index contributed by atoms with van der Waals surface area (Å²) in [5.74, 6) is -0.810. The molecule has 0 amide bonds. The highest BCUT2D eigenvalue weighted by atomic mass is 35.5. The van der Waals surface area contributed by atoms with Gasteiger partial charge in [0.15, 0.2) is 0 Å². The summed E-state index contributed by atoms with van der Waals surface area (Å²) in [6.45, 7) is 6.20. The molecule has 0 aromatic rings. The van der Waals surface area contributed by atoms with Crippen LogP contribution in [0.4, 0.5) is 0 Å². The van der Waals surface area contributed by atoms with E-state index in [0.29, 0.717) is 6.54 Å². The predicted octanol–water partition coefficient (Wildman–Crippen LogP) is 0.888. The number of carboxylic acids is 1. The number of rotatable bonds is 6. The molecule has 0 spiro atoms. The fourth-order valence-corrected chi connectivity index (χ4v) is 1.02. The van der Waals surface area contributed by atoms with Crippen molar-refractivity contribution in [3.8, 4) is 0 Å². The molecular weight excluding hydrogens is 204 g/mol. The average molecular weight is 223 g/mol. The van der Waals surface area contributed by atoms with Crippen LogP contribution in [0.1, 0.15) is 6.92 Å². The minimum atomic E-state index is -0.810. The van der Waals surface area contributed by atoms with Gasteiger partial charge in [0.2, 0.25) is 0 Å². The second-order valence-electron chi connectivity index (χ2n) is 3.21. The highest BCUT2D eigenvalue weighted by molar-refractivity contribution is 5.85. The van der Waals surface area contributed by atoms with Gasteiger partial charge in [-0.2, -0.15) is 0 Å². The summed E-state index contributed by atoms with van der Waals surface area (Å²) in [6, 6.07) is 0. The summed E-state index contributed by atoms with van der Waals surface area (Å²) in [5.41, 5.74) is 0. The van der Waals surface area contributed by atoms with E-state index in [9.17, 15) is 4.79 Å². The maximum Gasteiger partial charge on any atom is 0.317 e. The molecule has 0 bridgehead atoms. The molecule has 0 heterocycles. The van der Waals surface area contributed by atoms with Crippen LogP contribution in [0.25, 0.3) is 0 Å².